The maximum atomic E-state index is 13.1. The number of aryl methyl sites for hydroxylation is 2. The average Bonchev–Trinajstić information content (AvgIpc) is 2.54. The zero-order chi connectivity index (χ0) is 17.3. The molecule has 24 heavy (non-hydrogen) atoms. The van der Waals surface area contributed by atoms with Crippen molar-refractivity contribution < 1.29 is 13.5 Å². The van der Waals surface area contributed by atoms with E-state index < -0.39 is 31.8 Å². The Balaban J connectivity index is 1.97. The average molecular weight is 363 g/mol. The van der Waals surface area contributed by atoms with Gasteiger partial charge in [0.1, 0.15) is 4.58 Å². The molecular formula is C19H22O3S2. The largest absolute Gasteiger partial charge is 0.388 e. The molecule has 1 fully saturated rings. The van der Waals surface area contributed by atoms with Gasteiger partial charge in [0.15, 0.2) is 0 Å². The molecule has 0 aromatic heterocycles. The van der Waals surface area contributed by atoms with E-state index in [2.05, 4.69) is 0 Å². The van der Waals surface area contributed by atoms with Crippen molar-refractivity contribution in [3.8, 4) is 0 Å². The minimum atomic E-state index is -1.53. The highest BCUT2D eigenvalue weighted by molar-refractivity contribution is 8.03. The molecule has 2 atom stereocenters. The number of rotatable bonds is 5. The minimum Gasteiger partial charge on any atom is -0.388 e. The van der Waals surface area contributed by atoms with Crippen molar-refractivity contribution >= 4 is 21.6 Å². The van der Waals surface area contributed by atoms with Crippen LogP contribution in [0.3, 0.4) is 0 Å². The molecule has 0 saturated heterocycles. The van der Waals surface area contributed by atoms with Crippen LogP contribution >= 0.6 is 0 Å². The smallest absolute Gasteiger partial charge is 0.148 e. The Morgan fingerprint density at radius 2 is 1.21 bits per heavy atom. The SMILES string of the molecule is Cc1ccc(S(=O)C(S(=O)c2ccc(C)cc2)C2(O)CCC2)cc1. The lowest BCUT2D eigenvalue weighted by atomic mass is 9.82. The molecule has 2 unspecified atom stereocenters. The molecule has 2 aromatic carbocycles. The second kappa shape index (κ2) is 6.90. The zero-order valence-electron chi connectivity index (χ0n) is 13.9. The lowest BCUT2D eigenvalue weighted by Crippen LogP contribution is -2.52. The van der Waals surface area contributed by atoms with Crippen LogP contribution in [-0.2, 0) is 21.6 Å². The molecule has 1 N–H and O–H groups in total. The van der Waals surface area contributed by atoms with Crippen LogP contribution in [0.15, 0.2) is 58.3 Å². The van der Waals surface area contributed by atoms with E-state index in [-0.39, 0.29) is 0 Å². The number of hydrogen-bond acceptors (Lipinski definition) is 3. The first-order valence-electron chi connectivity index (χ1n) is 8.08. The van der Waals surface area contributed by atoms with Crippen LogP contribution in [0.5, 0.6) is 0 Å². The lowest BCUT2D eigenvalue weighted by molar-refractivity contribution is -0.0188. The monoisotopic (exact) mass is 362 g/mol. The van der Waals surface area contributed by atoms with Gasteiger partial charge in [-0.2, -0.15) is 0 Å². The first-order valence-corrected chi connectivity index (χ1v) is 10.5. The van der Waals surface area contributed by atoms with Gasteiger partial charge in [0.2, 0.25) is 0 Å². The van der Waals surface area contributed by atoms with Gasteiger partial charge in [-0.3, -0.25) is 8.42 Å². The molecular weight excluding hydrogens is 340 g/mol. The van der Waals surface area contributed by atoms with Gasteiger partial charge in [-0.15, -0.1) is 0 Å². The van der Waals surface area contributed by atoms with Crippen LogP contribution in [0, 0.1) is 13.8 Å². The van der Waals surface area contributed by atoms with Gasteiger partial charge in [-0.25, -0.2) is 0 Å². The van der Waals surface area contributed by atoms with Gasteiger partial charge < -0.3 is 5.11 Å². The van der Waals surface area contributed by atoms with Crippen LogP contribution in [0.1, 0.15) is 30.4 Å². The van der Waals surface area contributed by atoms with Gasteiger partial charge in [0.05, 0.1) is 27.2 Å². The molecule has 1 saturated carbocycles. The van der Waals surface area contributed by atoms with E-state index in [1.807, 2.05) is 38.1 Å². The third-order valence-corrected chi connectivity index (χ3v) is 8.73. The van der Waals surface area contributed by atoms with Gasteiger partial charge in [-0.05, 0) is 57.4 Å². The van der Waals surface area contributed by atoms with Crippen LogP contribution in [0.25, 0.3) is 0 Å². The second-order valence-corrected chi connectivity index (χ2v) is 9.88. The maximum Gasteiger partial charge on any atom is 0.148 e. The first kappa shape index (κ1) is 17.5. The van der Waals surface area contributed by atoms with Gasteiger partial charge in [0.25, 0.3) is 0 Å². The van der Waals surface area contributed by atoms with E-state index in [1.54, 1.807) is 24.3 Å². The summed E-state index contributed by atoms with van der Waals surface area (Å²) in [5, 5.41) is 10.9. The summed E-state index contributed by atoms with van der Waals surface area (Å²) in [6.45, 7) is 3.93. The molecule has 1 aliphatic carbocycles. The summed E-state index contributed by atoms with van der Waals surface area (Å²) >= 11 is 0. The summed E-state index contributed by atoms with van der Waals surface area (Å²) in [7, 11) is -3.07. The van der Waals surface area contributed by atoms with Crippen LogP contribution in [-0.4, -0.2) is 23.7 Å². The van der Waals surface area contributed by atoms with Gasteiger partial charge >= 0.3 is 0 Å². The Morgan fingerprint density at radius 3 is 1.50 bits per heavy atom. The zero-order valence-corrected chi connectivity index (χ0v) is 15.5. The fourth-order valence-corrected chi connectivity index (χ4v) is 6.72. The molecule has 0 heterocycles. The van der Waals surface area contributed by atoms with E-state index in [0.717, 1.165) is 17.5 Å². The highest BCUT2D eigenvalue weighted by atomic mass is 32.2. The maximum absolute atomic E-state index is 13.1. The molecule has 5 heteroatoms. The summed E-state index contributed by atoms with van der Waals surface area (Å²) in [6, 6.07) is 14.8. The van der Waals surface area contributed by atoms with E-state index in [9.17, 15) is 13.5 Å². The first-order chi connectivity index (χ1) is 11.4. The van der Waals surface area contributed by atoms with E-state index >= 15 is 0 Å². The highest BCUT2D eigenvalue weighted by Gasteiger charge is 2.49. The summed E-state index contributed by atoms with van der Waals surface area (Å²) in [5.41, 5.74) is 1.04. The quantitative estimate of drug-likeness (QED) is 0.886. The molecule has 2 aromatic rings. The summed E-state index contributed by atoms with van der Waals surface area (Å²) in [5.74, 6) is 0. The Bertz CT molecular complexity index is 705. The Kier molecular flexibility index (Phi) is 5.04. The standard InChI is InChI=1S/C19H22O3S2/c1-14-4-8-16(9-5-14)23(21)18(19(20)12-3-13-19)24(22)17-10-6-15(2)7-11-17/h4-11,18,20H,3,12-13H2,1-2H3. The van der Waals surface area contributed by atoms with E-state index in [1.165, 1.54) is 0 Å². The second-order valence-electron chi connectivity index (χ2n) is 6.51. The fourth-order valence-electron chi connectivity index (χ4n) is 2.84. The topological polar surface area (TPSA) is 54.4 Å². The Labute approximate surface area is 148 Å². The van der Waals surface area contributed by atoms with Gasteiger partial charge in [-0.1, -0.05) is 35.4 Å². The van der Waals surface area contributed by atoms with Crippen molar-refractivity contribution in [2.75, 3.05) is 0 Å². The number of hydrogen-bond donors (Lipinski definition) is 1. The highest BCUT2D eigenvalue weighted by Crippen LogP contribution is 2.41. The minimum absolute atomic E-state index is 0.548. The molecule has 0 amide bonds. The molecule has 3 nitrogen and oxygen atoms in total. The molecule has 0 radical (unpaired) electrons. The van der Waals surface area contributed by atoms with Gasteiger partial charge in [0, 0.05) is 9.79 Å². The molecule has 1 aliphatic rings. The number of benzene rings is 2. The Hall–Kier alpha value is -1.30. The van der Waals surface area contributed by atoms with Crippen molar-refractivity contribution in [3.63, 3.8) is 0 Å². The normalized spacial score (nSPS) is 20.0. The predicted octanol–water partition coefficient (Wildman–Crippen LogP) is 3.46. The summed E-state index contributed by atoms with van der Waals surface area (Å²) in [6.07, 6.45) is 1.98. The van der Waals surface area contributed by atoms with Crippen LogP contribution in [0.2, 0.25) is 0 Å². The van der Waals surface area contributed by atoms with Crippen molar-refractivity contribution in [1.82, 2.24) is 0 Å². The summed E-state index contributed by atoms with van der Waals surface area (Å²) in [4.78, 5) is 1.23. The Morgan fingerprint density at radius 1 is 0.833 bits per heavy atom. The van der Waals surface area contributed by atoms with Crippen LogP contribution in [0.4, 0.5) is 0 Å². The van der Waals surface area contributed by atoms with E-state index in [4.69, 9.17) is 0 Å². The molecule has 3 rings (SSSR count). The molecule has 0 bridgehead atoms. The third-order valence-electron chi connectivity index (χ3n) is 4.55. The van der Waals surface area contributed by atoms with Crippen molar-refractivity contribution in [2.45, 2.75) is 53.1 Å². The van der Waals surface area contributed by atoms with E-state index in [0.29, 0.717) is 22.6 Å². The van der Waals surface area contributed by atoms with Crippen LogP contribution < -0.4 is 0 Å². The lowest BCUT2D eigenvalue weighted by Gasteiger charge is -2.41. The summed E-state index contributed by atoms with van der Waals surface area (Å²) < 4.78 is 25.5. The third kappa shape index (κ3) is 3.39. The van der Waals surface area contributed by atoms with Crippen molar-refractivity contribution in [1.29, 1.82) is 0 Å². The molecule has 128 valence electrons. The number of aliphatic hydroxyl groups is 1. The molecule has 0 aliphatic heterocycles. The van der Waals surface area contributed by atoms with Crippen molar-refractivity contribution in [3.05, 3.63) is 59.7 Å². The fraction of sp³-hybridized carbons (Fsp3) is 0.368. The van der Waals surface area contributed by atoms with Crippen molar-refractivity contribution in [2.24, 2.45) is 0 Å². The predicted molar refractivity (Wildman–Crippen MR) is 97.8 cm³/mol. The molecule has 0 spiro atoms.